The summed E-state index contributed by atoms with van der Waals surface area (Å²) in [5, 5.41) is 12.3. The predicted molar refractivity (Wildman–Crippen MR) is 72.5 cm³/mol. The van der Waals surface area contributed by atoms with E-state index in [-0.39, 0.29) is 12.0 Å². The zero-order chi connectivity index (χ0) is 15.4. The molecule has 0 aliphatic carbocycles. The first-order chi connectivity index (χ1) is 9.29. The second-order valence-electron chi connectivity index (χ2n) is 4.68. The van der Waals surface area contributed by atoms with Gasteiger partial charge in [0.05, 0.1) is 5.56 Å². The van der Waals surface area contributed by atoms with Crippen LogP contribution in [0.25, 0.3) is 0 Å². The van der Waals surface area contributed by atoms with Crippen LogP contribution in [-0.2, 0) is 0 Å². The molecule has 0 bridgehead atoms. The molecule has 20 heavy (non-hydrogen) atoms. The second-order valence-corrected chi connectivity index (χ2v) is 5.48. The zero-order valence-electron chi connectivity index (χ0n) is 11.0. The number of nitrogens with one attached hydrogen (secondary N) is 1. The molecule has 1 unspecified atom stereocenters. The van der Waals surface area contributed by atoms with Gasteiger partial charge in [-0.3, -0.25) is 4.79 Å². The molecular formula is C13H15BrF3NO2. The smallest absolute Gasteiger partial charge is 0.254 e. The first-order valence-electron chi connectivity index (χ1n) is 6.02. The number of phenols is 1. The van der Waals surface area contributed by atoms with Gasteiger partial charge in [0.25, 0.3) is 5.91 Å². The third-order valence-corrected chi connectivity index (χ3v) is 3.38. The van der Waals surface area contributed by atoms with Gasteiger partial charge in [0.2, 0.25) is 5.82 Å². The Hall–Kier alpha value is -1.24. The number of rotatable bonds is 5. The maximum atomic E-state index is 13.6. The lowest BCUT2D eigenvalue weighted by molar-refractivity contribution is 0.0919. The largest absolute Gasteiger partial charge is 0.503 e. The molecule has 2 N–H and O–H groups in total. The number of halogens is 4. The quantitative estimate of drug-likeness (QED) is 0.629. The molecule has 0 heterocycles. The van der Waals surface area contributed by atoms with Crippen molar-refractivity contribution in [3.8, 4) is 5.75 Å². The maximum Gasteiger partial charge on any atom is 0.254 e. The monoisotopic (exact) mass is 353 g/mol. The first kappa shape index (κ1) is 16.8. The minimum absolute atomic E-state index is 0.0819. The van der Waals surface area contributed by atoms with Gasteiger partial charge < -0.3 is 10.4 Å². The molecule has 1 aromatic carbocycles. The molecule has 0 fully saturated rings. The molecule has 0 saturated heterocycles. The highest BCUT2D eigenvalue weighted by Crippen LogP contribution is 2.26. The number of hydrogen-bond donors (Lipinski definition) is 2. The van der Waals surface area contributed by atoms with Crippen LogP contribution in [0.2, 0.25) is 0 Å². The number of amides is 1. The van der Waals surface area contributed by atoms with Gasteiger partial charge in [-0.25, -0.2) is 8.78 Å². The number of phenolic OH excluding ortho intramolecular Hbond substituents is 1. The van der Waals surface area contributed by atoms with Crippen LogP contribution >= 0.6 is 15.9 Å². The first-order valence-corrected chi connectivity index (χ1v) is 7.15. The summed E-state index contributed by atoms with van der Waals surface area (Å²) in [6.07, 6.45) is 0.598. The Morgan fingerprint density at radius 2 is 1.95 bits per heavy atom. The van der Waals surface area contributed by atoms with Gasteiger partial charge in [0.15, 0.2) is 17.4 Å². The second kappa shape index (κ2) is 6.97. The lowest BCUT2D eigenvalue weighted by atomic mass is 10.0. The van der Waals surface area contributed by atoms with Crippen LogP contribution in [0, 0.1) is 23.4 Å². The Kier molecular flexibility index (Phi) is 5.86. The average Bonchev–Trinajstić information content (AvgIpc) is 2.39. The molecular weight excluding hydrogens is 339 g/mol. The molecule has 0 spiro atoms. The van der Waals surface area contributed by atoms with E-state index < -0.39 is 34.7 Å². The molecule has 0 radical (unpaired) electrons. The lowest BCUT2D eigenvalue weighted by Crippen LogP contribution is -2.39. The highest BCUT2D eigenvalue weighted by molar-refractivity contribution is 9.09. The fourth-order valence-corrected chi connectivity index (χ4v) is 2.18. The standard InChI is InChI=1S/C13H15BrF3NO2/c1-6(2)9(3-4-14)18-13(20)7-5-8(15)11(17)12(19)10(7)16/h5-6,9,19H,3-4H2,1-2H3,(H,18,20). The van der Waals surface area contributed by atoms with E-state index in [2.05, 4.69) is 21.2 Å². The van der Waals surface area contributed by atoms with Crippen molar-refractivity contribution in [2.24, 2.45) is 5.92 Å². The molecule has 1 aromatic rings. The van der Waals surface area contributed by atoms with E-state index in [4.69, 9.17) is 5.11 Å². The van der Waals surface area contributed by atoms with Crippen LogP contribution in [0.15, 0.2) is 6.07 Å². The van der Waals surface area contributed by atoms with Crippen LogP contribution in [0.4, 0.5) is 13.2 Å². The van der Waals surface area contributed by atoms with E-state index in [0.29, 0.717) is 17.8 Å². The Balaban J connectivity index is 3.04. The normalized spacial score (nSPS) is 12.6. The van der Waals surface area contributed by atoms with Crippen LogP contribution in [0.5, 0.6) is 5.75 Å². The summed E-state index contributed by atoms with van der Waals surface area (Å²) in [5.74, 6) is -6.95. The van der Waals surface area contributed by atoms with Crippen molar-refractivity contribution in [1.82, 2.24) is 5.32 Å². The molecule has 0 aromatic heterocycles. The zero-order valence-corrected chi connectivity index (χ0v) is 12.6. The Morgan fingerprint density at radius 1 is 1.35 bits per heavy atom. The molecule has 3 nitrogen and oxygen atoms in total. The third kappa shape index (κ3) is 3.65. The van der Waals surface area contributed by atoms with Crippen molar-refractivity contribution < 1.29 is 23.1 Å². The summed E-state index contributed by atoms with van der Waals surface area (Å²) < 4.78 is 39.7. The van der Waals surface area contributed by atoms with Gasteiger partial charge in [-0.05, 0) is 18.4 Å². The number of carbonyl (C=O) groups excluding carboxylic acids is 1. The van der Waals surface area contributed by atoms with Crippen molar-refractivity contribution >= 4 is 21.8 Å². The number of hydrogen-bond acceptors (Lipinski definition) is 2. The minimum atomic E-state index is -1.71. The SMILES string of the molecule is CC(C)C(CCBr)NC(=O)c1cc(F)c(F)c(O)c1F. The number of alkyl halides is 1. The molecule has 0 aliphatic rings. The van der Waals surface area contributed by atoms with Gasteiger partial charge >= 0.3 is 0 Å². The number of benzene rings is 1. The Morgan fingerprint density at radius 3 is 2.45 bits per heavy atom. The fraction of sp³-hybridized carbons (Fsp3) is 0.462. The summed E-state index contributed by atoms with van der Waals surface area (Å²) in [4.78, 5) is 11.9. The molecule has 1 rings (SSSR count). The Bertz CT molecular complexity index is 509. The predicted octanol–water partition coefficient (Wildman–Crippen LogP) is 3.35. The van der Waals surface area contributed by atoms with E-state index >= 15 is 0 Å². The molecule has 1 atom stereocenters. The fourth-order valence-electron chi connectivity index (χ4n) is 1.69. The van der Waals surface area contributed by atoms with Crippen LogP contribution in [0.3, 0.4) is 0 Å². The van der Waals surface area contributed by atoms with Gasteiger partial charge in [-0.1, -0.05) is 29.8 Å². The highest BCUT2D eigenvalue weighted by atomic mass is 79.9. The van der Waals surface area contributed by atoms with Gasteiger partial charge in [-0.2, -0.15) is 4.39 Å². The molecule has 0 saturated carbocycles. The highest BCUT2D eigenvalue weighted by Gasteiger charge is 2.24. The minimum Gasteiger partial charge on any atom is -0.503 e. The van der Waals surface area contributed by atoms with E-state index in [0.717, 1.165) is 0 Å². The van der Waals surface area contributed by atoms with E-state index in [9.17, 15) is 18.0 Å². The lowest BCUT2D eigenvalue weighted by Gasteiger charge is -2.21. The summed E-state index contributed by atoms with van der Waals surface area (Å²) in [5.41, 5.74) is -0.721. The van der Waals surface area contributed by atoms with E-state index in [1.165, 1.54) is 0 Å². The third-order valence-electron chi connectivity index (χ3n) is 2.92. The van der Waals surface area contributed by atoms with Crippen molar-refractivity contribution in [1.29, 1.82) is 0 Å². The molecule has 0 aliphatic heterocycles. The molecule has 1 amide bonds. The van der Waals surface area contributed by atoms with Crippen molar-refractivity contribution in [3.63, 3.8) is 0 Å². The van der Waals surface area contributed by atoms with E-state index in [1.807, 2.05) is 13.8 Å². The molecule has 7 heteroatoms. The van der Waals surface area contributed by atoms with Gasteiger partial charge in [0.1, 0.15) is 0 Å². The summed E-state index contributed by atoms with van der Waals surface area (Å²) in [6, 6.07) is 0.183. The van der Waals surface area contributed by atoms with E-state index in [1.54, 1.807) is 0 Å². The van der Waals surface area contributed by atoms with Crippen LogP contribution < -0.4 is 5.32 Å². The average molecular weight is 354 g/mol. The number of carbonyl (C=O) groups is 1. The summed E-state index contributed by atoms with van der Waals surface area (Å²) in [7, 11) is 0. The maximum absolute atomic E-state index is 13.6. The topological polar surface area (TPSA) is 49.3 Å². The summed E-state index contributed by atoms with van der Waals surface area (Å²) >= 11 is 3.24. The summed E-state index contributed by atoms with van der Waals surface area (Å²) in [6.45, 7) is 3.74. The van der Waals surface area contributed by atoms with Crippen LogP contribution in [0.1, 0.15) is 30.6 Å². The van der Waals surface area contributed by atoms with Gasteiger partial charge in [-0.15, -0.1) is 0 Å². The molecule has 112 valence electrons. The van der Waals surface area contributed by atoms with Crippen molar-refractivity contribution in [2.75, 3.05) is 5.33 Å². The van der Waals surface area contributed by atoms with Gasteiger partial charge in [0, 0.05) is 11.4 Å². The van der Waals surface area contributed by atoms with Crippen molar-refractivity contribution in [3.05, 3.63) is 29.1 Å². The number of aromatic hydroxyl groups is 1. The Labute approximate surface area is 123 Å². The van der Waals surface area contributed by atoms with Crippen molar-refractivity contribution in [2.45, 2.75) is 26.3 Å². The van der Waals surface area contributed by atoms with Crippen LogP contribution in [-0.4, -0.2) is 22.4 Å².